The number of rotatable bonds is 11. The van der Waals surface area contributed by atoms with Gasteiger partial charge in [0.05, 0.1) is 25.7 Å². The van der Waals surface area contributed by atoms with Crippen LogP contribution in [0.1, 0.15) is 25.7 Å². The van der Waals surface area contributed by atoms with E-state index >= 15 is 0 Å². The molecule has 0 spiro atoms. The first-order valence-electron chi connectivity index (χ1n) is 7.35. The third-order valence-electron chi connectivity index (χ3n) is 3.39. The smallest absolute Gasteiger partial charge is 0.305 e. The Morgan fingerprint density at radius 2 is 1.95 bits per heavy atom. The maximum absolute atomic E-state index is 10.4. The van der Waals surface area contributed by atoms with Crippen LogP contribution >= 0.6 is 0 Å². The average molecular weight is 289 g/mol. The molecule has 0 amide bonds. The van der Waals surface area contributed by atoms with Gasteiger partial charge >= 0.3 is 5.97 Å². The first kappa shape index (κ1) is 17.4. The van der Waals surface area contributed by atoms with Crippen molar-refractivity contribution in [2.45, 2.75) is 31.8 Å². The van der Waals surface area contributed by atoms with Gasteiger partial charge in [0.2, 0.25) is 0 Å². The predicted octanol–water partition coefficient (Wildman–Crippen LogP) is 0.995. The first-order valence-corrected chi connectivity index (χ1v) is 7.35. The molecule has 1 saturated heterocycles. The fourth-order valence-electron chi connectivity index (χ4n) is 2.21. The minimum absolute atomic E-state index is 0.0928. The molecule has 1 rings (SSSR count). The molecule has 1 N–H and O–H groups in total. The summed E-state index contributed by atoms with van der Waals surface area (Å²) >= 11 is 0. The van der Waals surface area contributed by atoms with E-state index in [1.165, 1.54) is 0 Å². The molecule has 6 heteroatoms. The summed E-state index contributed by atoms with van der Waals surface area (Å²) in [4.78, 5) is 12.8. The van der Waals surface area contributed by atoms with E-state index in [4.69, 9.17) is 19.3 Å². The molecule has 0 bridgehead atoms. The highest BCUT2D eigenvalue weighted by Crippen LogP contribution is 2.13. The summed E-state index contributed by atoms with van der Waals surface area (Å²) in [5.41, 5.74) is 0. The summed E-state index contributed by atoms with van der Waals surface area (Å²) in [6.45, 7) is 5.53. The van der Waals surface area contributed by atoms with E-state index in [-0.39, 0.29) is 12.5 Å². The van der Waals surface area contributed by atoms with Gasteiger partial charge in [0.15, 0.2) is 0 Å². The lowest BCUT2D eigenvalue weighted by Gasteiger charge is -2.31. The average Bonchev–Trinajstić information content (AvgIpc) is 2.44. The standard InChI is InChI=1S/C14H27NO5/c1-18-9-2-10-19-12-8-15-6-3-13(4-7-15)20-11-5-14(16)17/h13H,2-12H2,1H3,(H,16,17). The second-order valence-corrected chi connectivity index (χ2v) is 5.01. The van der Waals surface area contributed by atoms with Gasteiger partial charge in [-0.15, -0.1) is 0 Å². The van der Waals surface area contributed by atoms with Gasteiger partial charge in [-0.1, -0.05) is 0 Å². The predicted molar refractivity (Wildman–Crippen MR) is 75.0 cm³/mol. The molecule has 0 aromatic carbocycles. The highest BCUT2D eigenvalue weighted by molar-refractivity contribution is 5.66. The normalized spacial score (nSPS) is 17.4. The highest BCUT2D eigenvalue weighted by Gasteiger charge is 2.19. The molecule has 0 aromatic rings. The van der Waals surface area contributed by atoms with Gasteiger partial charge < -0.3 is 24.2 Å². The van der Waals surface area contributed by atoms with Crippen LogP contribution in [0.15, 0.2) is 0 Å². The second-order valence-electron chi connectivity index (χ2n) is 5.01. The van der Waals surface area contributed by atoms with E-state index in [2.05, 4.69) is 4.90 Å². The molecular weight excluding hydrogens is 262 g/mol. The monoisotopic (exact) mass is 289 g/mol. The molecule has 0 aliphatic carbocycles. The molecule has 0 atom stereocenters. The summed E-state index contributed by atoms with van der Waals surface area (Å²) < 4.78 is 16.1. The van der Waals surface area contributed by atoms with Crippen molar-refractivity contribution in [3.8, 4) is 0 Å². The van der Waals surface area contributed by atoms with Gasteiger partial charge in [0.1, 0.15) is 0 Å². The van der Waals surface area contributed by atoms with Crippen molar-refractivity contribution >= 4 is 5.97 Å². The van der Waals surface area contributed by atoms with Crippen LogP contribution in [0.2, 0.25) is 0 Å². The lowest BCUT2D eigenvalue weighted by atomic mass is 10.1. The van der Waals surface area contributed by atoms with Crippen molar-refractivity contribution in [3.05, 3.63) is 0 Å². The SMILES string of the molecule is COCCCOCCN1CCC(OCCC(=O)O)CC1. The molecule has 0 radical (unpaired) electrons. The second kappa shape index (κ2) is 11.0. The maximum Gasteiger partial charge on any atom is 0.305 e. The van der Waals surface area contributed by atoms with Gasteiger partial charge in [-0.3, -0.25) is 4.79 Å². The van der Waals surface area contributed by atoms with Crippen LogP contribution in [0.3, 0.4) is 0 Å². The third-order valence-corrected chi connectivity index (χ3v) is 3.39. The fourth-order valence-corrected chi connectivity index (χ4v) is 2.21. The molecular formula is C14H27NO5. The number of hydrogen-bond donors (Lipinski definition) is 1. The lowest BCUT2D eigenvalue weighted by Crippen LogP contribution is -2.39. The number of carbonyl (C=O) groups is 1. The van der Waals surface area contributed by atoms with E-state index in [9.17, 15) is 4.79 Å². The number of methoxy groups -OCH3 is 1. The molecule has 0 unspecified atom stereocenters. The van der Waals surface area contributed by atoms with Gasteiger partial charge in [-0.05, 0) is 19.3 Å². The Morgan fingerprint density at radius 1 is 1.20 bits per heavy atom. The number of ether oxygens (including phenoxy) is 3. The zero-order valence-electron chi connectivity index (χ0n) is 12.4. The van der Waals surface area contributed by atoms with E-state index < -0.39 is 5.97 Å². The molecule has 1 fully saturated rings. The molecule has 118 valence electrons. The van der Waals surface area contributed by atoms with Crippen molar-refractivity contribution < 1.29 is 24.1 Å². The summed E-state index contributed by atoms with van der Waals surface area (Å²) in [6, 6.07) is 0. The molecule has 6 nitrogen and oxygen atoms in total. The minimum atomic E-state index is -0.798. The molecule has 1 heterocycles. The van der Waals surface area contributed by atoms with Gasteiger partial charge in [0, 0.05) is 40.0 Å². The maximum atomic E-state index is 10.4. The number of hydrogen-bond acceptors (Lipinski definition) is 5. The molecule has 1 aliphatic heterocycles. The quantitative estimate of drug-likeness (QED) is 0.572. The van der Waals surface area contributed by atoms with Crippen LogP contribution in [0, 0.1) is 0 Å². The lowest BCUT2D eigenvalue weighted by molar-refractivity contribution is -0.138. The molecule has 20 heavy (non-hydrogen) atoms. The number of piperidine rings is 1. The van der Waals surface area contributed by atoms with Gasteiger partial charge in [0.25, 0.3) is 0 Å². The molecule has 1 aliphatic rings. The van der Waals surface area contributed by atoms with Crippen LogP contribution in [0.25, 0.3) is 0 Å². The van der Waals surface area contributed by atoms with Crippen LogP contribution in [-0.2, 0) is 19.0 Å². The van der Waals surface area contributed by atoms with Crippen LogP contribution < -0.4 is 0 Å². The van der Waals surface area contributed by atoms with Crippen molar-refractivity contribution in [2.24, 2.45) is 0 Å². The minimum Gasteiger partial charge on any atom is -0.481 e. The van der Waals surface area contributed by atoms with Crippen LogP contribution in [0.4, 0.5) is 0 Å². The summed E-state index contributed by atoms with van der Waals surface area (Å²) in [5.74, 6) is -0.798. The first-order chi connectivity index (χ1) is 9.72. The number of nitrogens with zero attached hydrogens (tertiary/aromatic N) is 1. The number of likely N-dealkylation sites (tertiary alicyclic amines) is 1. The van der Waals surface area contributed by atoms with Crippen LogP contribution in [0.5, 0.6) is 0 Å². The number of carboxylic acid groups (broad SMARTS) is 1. The molecule has 0 saturated carbocycles. The van der Waals surface area contributed by atoms with Gasteiger partial charge in [-0.25, -0.2) is 0 Å². The third kappa shape index (κ3) is 8.47. The Hall–Kier alpha value is -0.690. The van der Waals surface area contributed by atoms with E-state index in [1.54, 1.807) is 7.11 Å². The van der Waals surface area contributed by atoms with Crippen molar-refractivity contribution in [1.82, 2.24) is 4.90 Å². The summed E-state index contributed by atoms with van der Waals surface area (Å²) in [7, 11) is 1.70. The Kier molecular flexibility index (Phi) is 9.57. The number of carboxylic acids is 1. The van der Waals surface area contributed by atoms with E-state index in [0.717, 1.165) is 58.7 Å². The van der Waals surface area contributed by atoms with Crippen LogP contribution in [-0.4, -0.2) is 75.3 Å². The Morgan fingerprint density at radius 3 is 2.60 bits per heavy atom. The molecule has 0 aromatic heterocycles. The zero-order valence-corrected chi connectivity index (χ0v) is 12.4. The topological polar surface area (TPSA) is 68.2 Å². The number of aliphatic carboxylic acids is 1. The van der Waals surface area contributed by atoms with E-state index in [0.29, 0.717) is 6.61 Å². The highest BCUT2D eigenvalue weighted by atomic mass is 16.5. The zero-order chi connectivity index (χ0) is 14.6. The van der Waals surface area contributed by atoms with Crippen molar-refractivity contribution in [2.75, 3.05) is 53.2 Å². The Bertz CT molecular complexity index is 254. The Balaban J connectivity index is 1.94. The summed E-state index contributed by atoms with van der Waals surface area (Å²) in [6.07, 6.45) is 3.20. The van der Waals surface area contributed by atoms with Crippen molar-refractivity contribution in [1.29, 1.82) is 0 Å². The van der Waals surface area contributed by atoms with Crippen molar-refractivity contribution in [3.63, 3.8) is 0 Å². The largest absolute Gasteiger partial charge is 0.481 e. The summed E-state index contributed by atoms with van der Waals surface area (Å²) in [5, 5.41) is 8.55. The van der Waals surface area contributed by atoms with Gasteiger partial charge in [-0.2, -0.15) is 0 Å². The Labute approximate surface area is 121 Å². The fraction of sp³-hybridized carbons (Fsp3) is 0.929. The van der Waals surface area contributed by atoms with E-state index in [1.807, 2.05) is 0 Å².